The number of hydrogen-bond acceptors (Lipinski definition) is 2. The Kier molecular flexibility index (Phi) is 3.77. The number of nitrogens with zero attached hydrogens (tertiary/aromatic N) is 2. The fourth-order valence-electron chi connectivity index (χ4n) is 2.20. The molecule has 0 bridgehead atoms. The maximum absolute atomic E-state index is 8.75. The van der Waals surface area contributed by atoms with Gasteiger partial charge in [0, 0.05) is 0 Å². The SMILES string of the molecule is CC(C(C#N)C#N)C1CCCCC1. The highest BCUT2D eigenvalue weighted by atomic mass is 14.4. The van der Waals surface area contributed by atoms with Gasteiger partial charge < -0.3 is 0 Å². The molecule has 0 saturated heterocycles. The highest BCUT2D eigenvalue weighted by Gasteiger charge is 2.26. The molecule has 2 nitrogen and oxygen atoms in total. The molecule has 0 aliphatic heterocycles. The van der Waals surface area contributed by atoms with Gasteiger partial charge in [-0.25, -0.2) is 0 Å². The molecule has 2 heteroatoms. The van der Waals surface area contributed by atoms with Crippen molar-refractivity contribution in [3.8, 4) is 12.1 Å². The molecule has 1 aliphatic rings. The molecule has 0 heterocycles. The van der Waals surface area contributed by atoms with E-state index < -0.39 is 5.92 Å². The summed E-state index contributed by atoms with van der Waals surface area (Å²) >= 11 is 0. The molecule has 1 aliphatic carbocycles. The predicted molar refractivity (Wildman–Crippen MR) is 50.5 cm³/mol. The van der Waals surface area contributed by atoms with Gasteiger partial charge in [0.05, 0.1) is 12.1 Å². The highest BCUT2D eigenvalue weighted by molar-refractivity contribution is 5.02. The summed E-state index contributed by atoms with van der Waals surface area (Å²) < 4.78 is 0. The average molecular weight is 176 g/mol. The van der Waals surface area contributed by atoms with Gasteiger partial charge in [-0.1, -0.05) is 39.0 Å². The highest BCUT2D eigenvalue weighted by Crippen LogP contribution is 2.33. The molecule has 0 spiro atoms. The standard InChI is InChI=1S/C11H16N2/c1-9(11(7-12)8-13)10-5-3-2-4-6-10/h9-11H,2-6H2,1H3. The summed E-state index contributed by atoms with van der Waals surface area (Å²) in [5.41, 5.74) is 0. The van der Waals surface area contributed by atoms with Crippen molar-refractivity contribution in [1.82, 2.24) is 0 Å². The lowest BCUT2D eigenvalue weighted by molar-refractivity contribution is 0.243. The maximum atomic E-state index is 8.75. The molecule has 1 atom stereocenters. The summed E-state index contributed by atoms with van der Waals surface area (Å²) in [7, 11) is 0. The summed E-state index contributed by atoms with van der Waals surface area (Å²) in [4.78, 5) is 0. The predicted octanol–water partition coefficient (Wildman–Crippen LogP) is 2.87. The quantitative estimate of drug-likeness (QED) is 0.649. The average Bonchev–Trinajstić information content (AvgIpc) is 2.21. The first-order valence-corrected chi connectivity index (χ1v) is 5.09. The molecule has 0 radical (unpaired) electrons. The second-order valence-electron chi connectivity index (χ2n) is 3.99. The van der Waals surface area contributed by atoms with Gasteiger partial charge in [-0.15, -0.1) is 0 Å². The van der Waals surface area contributed by atoms with Gasteiger partial charge in [0.2, 0.25) is 0 Å². The third-order valence-corrected chi connectivity index (χ3v) is 3.20. The fraction of sp³-hybridized carbons (Fsp3) is 0.818. The zero-order chi connectivity index (χ0) is 9.68. The van der Waals surface area contributed by atoms with Crippen LogP contribution in [0.4, 0.5) is 0 Å². The maximum Gasteiger partial charge on any atom is 0.136 e. The van der Waals surface area contributed by atoms with E-state index in [1.807, 2.05) is 6.92 Å². The Labute approximate surface area is 80.2 Å². The molecule has 1 fully saturated rings. The normalized spacial score (nSPS) is 20.6. The van der Waals surface area contributed by atoms with Crippen LogP contribution < -0.4 is 0 Å². The molecule has 0 aromatic heterocycles. The van der Waals surface area contributed by atoms with Crippen LogP contribution in [0.15, 0.2) is 0 Å². The monoisotopic (exact) mass is 176 g/mol. The Hall–Kier alpha value is -1.02. The van der Waals surface area contributed by atoms with E-state index in [2.05, 4.69) is 12.1 Å². The van der Waals surface area contributed by atoms with E-state index in [1.54, 1.807) is 0 Å². The van der Waals surface area contributed by atoms with Crippen LogP contribution >= 0.6 is 0 Å². The second-order valence-corrected chi connectivity index (χ2v) is 3.99. The van der Waals surface area contributed by atoms with E-state index >= 15 is 0 Å². The van der Waals surface area contributed by atoms with Crippen molar-refractivity contribution < 1.29 is 0 Å². The second kappa shape index (κ2) is 4.87. The van der Waals surface area contributed by atoms with E-state index in [-0.39, 0.29) is 5.92 Å². The lowest BCUT2D eigenvalue weighted by Gasteiger charge is -2.27. The van der Waals surface area contributed by atoms with Crippen LogP contribution in [0.2, 0.25) is 0 Å². The van der Waals surface area contributed by atoms with E-state index in [9.17, 15) is 0 Å². The van der Waals surface area contributed by atoms with Crippen LogP contribution in [-0.4, -0.2) is 0 Å². The van der Waals surface area contributed by atoms with Gasteiger partial charge in [-0.2, -0.15) is 10.5 Å². The Morgan fingerprint density at radius 3 is 2.08 bits per heavy atom. The Balaban J connectivity index is 2.51. The minimum atomic E-state index is -0.400. The van der Waals surface area contributed by atoms with Crippen molar-refractivity contribution >= 4 is 0 Å². The molecule has 0 aromatic rings. The van der Waals surface area contributed by atoms with Gasteiger partial charge in [0.25, 0.3) is 0 Å². The first-order chi connectivity index (χ1) is 6.29. The molecule has 1 saturated carbocycles. The lowest BCUT2D eigenvalue weighted by Crippen LogP contribution is -2.21. The van der Waals surface area contributed by atoms with Crippen LogP contribution in [0.25, 0.3) is 0 Å². The van der Waals surface area contributed by atoms with E-state index in [0.717, 1.165) is 0 Å². The molecule has 13 heavy (non-hydrogen) atoms. The topological polar surface area (TPSA) is 47.6 Å². The largest absolute Gasteiger partial charge is 0.197 e. The van der Waals surface area contributed by atoms with Gasteiger partial charge >= 0.3 is 0 Å². The van der Waals surface area contributed by atoms with Gasteiger partial charge in [-0.3, -0.25) is 0 Å². The smallest absolute Gasteiger partial charge is 0.136 e. The Morgan fingerprint density at radius 1 is 1.08 bits per heavy atom. The minimum absolute atomic E-state index is 0.260. The van der Waals surface area contributed by atoms with E-state index in [0.29, 0.717) is 5.92 Å². The van der Waals surface area contributed by atoms with Crippen LogP contribution in [0.3, 0.4) is 0 Å². The van der Waals surface area contributed by atoms with Crippen LogP contribution in [0.1, 0.15) is 39.0 Å². The van der Waals surface area contributed by atoms with Gasteiger partial charge in [0.1, 0.15) is 5.92 Å². The van der Waals surface area contributed by atoms with Crippen molar-refractivity contribution in [2.45, 2.75) is 39.0 Å². The summed E-state index contributed by atoms with van der Waals surface area (Å²) in [6.07, 6.45) is 6.30. The third-order valence-electron chi connectivity index (χ3n) is 3.20. The number of rotatable bonds is 2. The molecular formula is C11H16N2. The van der Waals surface area contributed by atoms with E-state index in [1.165, 1.54) is 32.1 Å². The summed E-state index contributed by atoms with van der Waals surface area (Å²) in [6.45, 7) is 2.05. The van der Waals surface area contributed by atoms with Crippen molar-refractivity contribution in [2.75, 3.05) is 0 Å². The Morgan fingerprint density at radius 2 is 1.62 bits per heavy atom. The van der Waals surface area contributed by atoms with Gasteiger partial charge in [-0.05, 0) is 11.8 Å². The summed E-state index contributed by atoms with van der Waals surface area (Å²) in [5, 5.41) is 17.5. The van der Waals surface area contributed by atoms with Crippen LogP contribution in [0, 0.1) is 40.4 Å². The summed E-state index contributed by atoms with van der Waals surface area (Å²) in [6, 6.07) is 4.18. The molecule has 0 N–H and O–H groups in total. The fourth-order valence-corrected chi connectivity index (χ4v) is 2.20. The first kappa shape index (κ1) is 10.1. The molecule has 1 unspecified atom stereocenters. The number of hydrogen-bond donors (Lipinski definition) is 0. The number of nitriles is 2. The zero-order valence-electron chi connectivity index (χ0n) is 8.16. The van der Waals surface area contributed by atoms with Crippen molar-refractivity contribution in [2.24, 2.45) is 17.8 Å². The lowest BCUT2D eigenvalue weighted by atomic mass is 9.76. The van der Waals surface area contributed by atoms with Crippen LogP contribution in [0.5, 0.6) is 0 Å². The molecule has 0 aromatic carbocycles. The Bertz CT molecular complexity index is 213. The third kappa shape index (κ3) is 2.46. The van der Waals surface area contributed by atoms with Crippen molar-refractivity contribution in [3.63, 3.8) is 0 Å². The zero-order valence-corrected chi connectivity index (χ0v) is 8.16. The van der Waals surface area contributed by atoms with Gasteiger partial charge in [0.15, 0.2) is 0 Å². The van der Waals surface area contributed by atoms with Crippen LogP contribution in [-0.2, 0) is 0 Å². The molecule has 1 rings (SSSR count). The summed E-state index contributed by atoms with van der Waals surface area (Å²) in [5.74, 6) is 0.469. The van der Waals surface area contributed by atoms with Crippen molar-refractivity contribution in [3.05, 3.63) is 0 Å². The minimum Gasteiger partial charge on any atom is -0.197 e. The first-order valence-electron chi connectivity index (χ1n) is 5.09. The van der Waals surface area contributed by atoms with Crippen molar-refractivity contribution in [1.29, 1.82) is 10.5 Å². The molecule has 70 valence electrons. The van der Waals surface area contributed by atoms with E-state index in [4.69, 9.17) is 10.5 Å². The molecule has 0 amide bonds. The molecular weight excluding hydrogens is 160 g/mol.